The Morgan fingerprint density at radius 1 is 0.778 bits per heavy atom. The van der Waals surface area contributed by atoms with E-state index in [1.54, 1.807) is 13.8 Å². The van der Waals surface area contributed by atoms with E-state index in [9.17, 15) is 4.57 Å². The first kappa shape index (κ1) is 28.3. The van der Waals surface area contributed by atoms with Crippen molar-refractivity contribution in [3.63, 3.8) is 0 Å². The van der Waals surface area contributed by atoms with E-state index in [0.717, 1.165) is 21.9 Å². The molecular weight excluding hydrogens is 488 g/mol. The van der Waals surface area contributed by atoms with E-state index in [1.807, 2.05) is 105 Å². The van der Waals surface area contributed by atoms with Crippen LogP contribution in [0.4, 0.5) is 0 Å². The van der Waals surface area contributed by atoms with Crippen molar-refractivity contribution in [3.05, 3.63) is 96.6 Å². The van der Waals surface area contributed by atoms with Crippen LogP contribution < -0.4 is 10.6 Å². The maximum atomic E-state index is 15.3. The topological polar surface area (TPSA) is 65.0 Å². The molecule has 1 unspecified atom stereocenters. The molecule has 0 bridgehead atoms. The molecule has 3 rings (SSSR count). The van der Waals surface area contributed by atoms with Gasteiger partial charge in [-0.05, 0) is 39.7 Å². The molecule has 0 heterocycles. The minimum Gasteiger partial charge on any atom is -0.313 e. The van der Waals surface area contributed by atoms with Gasteiger partial charge in [0.25, 0.3) is 0 Å². The largest absolute Gasteiger partial charge is 0.330 e. The Kier molecular flexibility index (Phi) is 10.5. The lowest BCUT2D eigenvalue weighted by Crippen LogP contribution is -2.32. The Hall–Kier alpha value is -2.29. The molecule has 3 aromatic rings. The lowest BCUT2D eigenvalue weighted by atomic mass is 10.1. The van der Waals surface area contributed by atoms with Crippen LogP contribution in [0.25, 0.3) is 0 Å². The fraction of sp³-hybridized carbons (Fsp3) is 0.345. The summed E-state index contributed by atoms with van der Waals surface area (Å²) in [7, 11) is -6.56. The number of rotatable bonds is 13. The van der Waals surface area contributed by atoms with Crippen molar-refractivity contribution in [1.29, 1.82) is 0 Å². The van der Waals surface area contributed by atoms with E-state index in [2.05, 4.69) is 0 Å². The van der Waals surface area contributed by atoms with Gasteiger partial charge in [-0.2, -0.15) is 0 Å². The quantitative estimate of drug-likeness (QED) is 0.174. The molecule has 0 spiro atoms. The van der Waals surface area contributed by atoms with E-state index in [-0.39, 0.29) is 25.4 Å². The van der Waals surface area contributed by atoms with Crippen LogP contribution in [0, 0.1) is 0 Å². The van der Waals surface area contributed by atoms with Gasteiger partial charge in [-0.15, -0.1) is 0 Å². The Morgan fingerprint density at radius 3 is 1.67 bits per heavy atom. The molecule has 0 aromatic heterocycles. The van der Waals surface area contributed by atoms with Gasteiger partial charge in [0.1, 0.15) is 0 Å². The fourth-order valence-electron chi connectivity index (χ4n) is 4.50. The van der Waals surface area contributed by atoms with E-state index in [4.69, 9.17) is 14.0 Å². The smallest absolute Gasteiger partial charge is 0.313 e. The number of aliphatic imine (C=N–C) groups is 1. The highest BCUT2D eigenvalue weighted by molar-refractivity contribution is 7.80. The van der Waals surface area contributed by atoms with Crippen LogP contribution in [0.1, 0.15) is 45.7 Å². The lowest BCUT2D eigenvalue weighted by molar-refractivity contribution is 0.220. The first-order valence-corrected chi connectivity index (χ1v) is 16.0. The van der Waals surface area contributed by atoms with E-state index in [1.165, 1.54) is 0 Å². The number of benzene rings is 3. The van der Waals surface area contributed by atoms with Gasteiger partial charge in [-0.3, -0.25) is 9.56 Å². The predicted molar refractivity (Wildman–Crippen MR) is 152 cm³/mol. The number of hydrogen-bond acceptors (Lipinski definition) is 5. The third-order valence-corrected chi connectivity index (χ3v) is 12.0. The zero-order chi connectivity index (χ0) is 26.0. The zero-order valence-corrected chi connectivity index (χ0v) is 23.4. The summed E-state index contributed by atoms with van der Waals surface area (Å²) in [6.45, 7) is 8.16. The van der Waals surface area contributed by atoms with E-state index >= 15 is 4.57 Å². The minimum absolute atomic E-state index is 0.112. The van der Waals surface area contributed by atoms with E-state index < -0.39 is 20.4 Å². The fourth-order valence-corrected chi connectivity index (χ4v) is 9.73. The molecule has 0 fully saturated rings. The van der Waals surface area contributed by atoms with Gasteiger partial charge < -0.3 is 13.6 Å². The summed E-state index contributed by atoms with van der Waals surface area (Å²) >= 11 is 0. The highest BCUT2D eigenvalue weighted by atomic mass is 31.2. The average Bonchev–Trinajstić information content (AvgIpc) is 2.90. The monoisotopic (exact) mass is 525 g/mol. The van der Waals surface area contributed by atoms with Crippen molar-refractivity contribution in [3.8, 4) is 0 Å². The highest BCUT2D eigenvalue weighted by Gasteiger charge is 2.40. The van der Waals surface area contributed by atoms with Crippen molar-refractivity contribution < 1.29 is 18.2 Å². The molecule has 2 atom stereocenters. The van der Waals surface area contributed by atoms with Crippen molar-refractivity contribution in [2.45, 2.75) is 45.8 Å². The summed E-state index contributed by atoms with van der Waals surface area (Å²) in [6, 6.07) is 29.1. The van der Waals surface area contributed by atoms with Crippen LogP contribution >= 0.6 is 14.7 Å². The molecule has 0 aliphatic carbocycles. The Labute approximate surface area is 215 Å². The Bertz CT molecular complexity index is 1150. The molecular formula is C29H37NO4P2. The summed E-state index contributed by atoms with van der Waals surface area (Å²) < 4.78 is 39.8. The third kappa shape index (κ3) is 6.93. The maximum Gasteiger partial charge on any atom is 0.330 e. The van der Waals surface area contributed by atoms with Gasteiger partial charge in [0.05, 0.1) is 31.1 Å². The van der Waals surface area contributed by atoms with Gasteiger partial charge in [0, 0.05) is 16.3 Å². The summed E-state index contributed by atoms with van der Waals surface area (Å²) in [5.74, 6) is 0. The second-order valence-electron chi connectivity index (χ2n) is 8.66. The average molecular weight is 526 g/mol. The summed E-state index contributed by atoms with van der Waals surface area (Å²) in [5, 5.41) is 1.51. The van der Waals surface area contributed by atoms with E-state index in [0.29, 0.717) is 6.42 Å². The number of hydrogen-bond donors (Lipinski definition) is 0. The molecule has 5 nitrogen and oxygen atoms in total. The Morgan fingerprint density at radius 2 is 1.22 bits per heavy atom. The predicted octanol–water partition coefficient (Wildman–Crippen LogP) is 7.25. The lowest BCUT2D eigenvalue weighted by Gasteiger charge is -2.30. The third-order valence-electron chi connectivity index (χ3n) is 6.21. The molecule has 0 aliphatic rings. The molecule has 3 aromatic carbocycles. The molecule has 0 saturated heterocycles. The van der Waals surface area contributed by atoms with Gasteiger partial charge in [-0.25, -0.2) is 0 Å². The second-order valence-corrected chi connectivity index (χ2v) is 13.8. The van der Waals surface area contributed by atoms with Crippen LogP contribution in [0.5, 0.6) is 0 Å². The van der Waals surface area contributed by atoms with Crippen molar-refractivity contribution >= 4 is 31.1 Å². The summed E-state index contributed by atoms with van der Waals surface area (Å²) in [4.78, 5) is 5.03. The molecule has 192 valence electrons. The molecule has 0 saturated carbocycles. The normalized spacial score (nSPS) is 14.4. The highest BCUT2D eigenvalue weighted by Crippen LogP contribution is 2.55. The number of nitrogens with zero attached hydrogens (tertiary/aromatic N) is 1. The first-order chi connectivity index (χ1) is 17.3. The van der Waals surface area contributed by atoms with Crippen LogP contribution in [0.15, 0.2) is 96.0 Å². The first-order valence-electron chi connectivity index (χ1n) is 12.5. The SMILES string of the molecule is CCOP(=O)(CCC(C(C)=N[C@@H](C)c1ccccc1)P(=O)(c1ccccc1)c1ccccc1)OCC. The van der Waals surface area contributed by atoms with Gasteiger partial charge in [0.2, 0.25) is 0 Å². The van der Waals surface area contributed by atoms with Gasteiger partial charge >= 0.3 is 7.60 Å². The molecule has 0 N–H and O–H groups in total. The second kappa shape index (κ2) is 13.3. The van der Waals surface area contributed by atoms with Crippen molar-refractivity contribution in [2.75, 3.05) is 19.4 Å². The van der Waals surface area contributed by atoms with Gasteiger partial charge in [-0.1, -0.05) is 91.0 Å². The van der Waals surface area contributed by atoms with Crippen LogP contribution in [0.2, 0.25) is 0 Å². The Balaban J connectivity index is 2.13. The van der Waals surface area contributed by atoms with Crippen LogP contribution in [-0.2, 0) is 18.2 Å². The molecule has 7 heteroatoms. The van der Waals surface area contributed by atoms with Crippen LogP contribution in [0.3, 0.4) is 0 Å². The maximum absolute atomic E-state index is 15.3. The molecule has 36 heavy (non-hydrogen) atoms. The minimum atomic E-state index is -3.33. The van der Waals surface area contributed by atoms with Gasteiger partial charge in [0.15, 0.2) is 7.14 Å². The van der Waals surface area contributed by atoms with Crippen LogP contribution in [-0.4, -0.2) is 30.7 Å². The molecule has 0 radical (unpaired) electrons. The summed E-state index contributed by atoms with van der Waals surface area (Å²) in [5.41, 5.74) is 1.38. The summed E-state index contributed by atoms with van der Waals surface area (Å²) in [6.07, 6.45) is 0.519. The standard InChI is InChI=1S/C29H37NO4P2/c1-5-33-35(31,34-6-2)23-22-29(25(4)30-24(3)26-16-10-7-11-17-26)36(32,27-18-12-8-13-19-27)28-20-14-9-15-21-28/h7-21,24,29H,5-6,22-23H2,1-4H3/t24-,29?/m0/s1. The molecule has 0 amide bonds. The van der Waals surface area contributed by atoms with Crippen molar-refractivity contribution in [1.82, 2.24) is 0 Å². The molecule has 0 aliphatic heterocycles. The zero-order valence-electron chi connectivity index (χ0n) is 21.6. The van der Waals surface area contributed by atoms with Crippen molar-refractivity contribution in [2.24, 2.45) is 4.99 Å².